The molecule has 1 aromatic heterocycles. The van der Waals surface area contributed by atoms with E-state index in [2.05, 4.69) is 5.10 Å². The lowest BCUT2D eigenvalue weighted by Crippen LogP contribution is -2.41. The summed E-state index contributed by atoms with van der Waals surface area (Å²) >= 11 is 0. The van der Waals surface area contributed by atoms with Crippen LogP contribution in [0.25, 0.3) is 5.69 Å². The molecule has 1 heterocycles. The Balaban J connectivity index is 1.81. The van der Waals surface area contributed by atoms with Gasteiger partial charge in [0.15, 0.2) is 0 Å². The smallest absolute Gasteiger partial charge is 0.266 e. The summed E-state index contributed by atoms with van der Waals surface area (Å²) in [5, 5.41) is 13.4. The number of phenolic OH excluding ortho intramolecular Hbond substituents is 1. The fourth-order valence-electron chi connectivity index (χ4n) is 2.39. The van der Waals surface area contributed by atoms with E-state index < -0.39 is 32.4 Å². The van der Waals surface area contributed by atoms with Crippen molar-refractivity contribution < 1.29 is 22.7 Å². The van der Waals surface area contributed by atoms with E-state index in [-0.39, 0.29) is 5.56 Å². The zero-order valence-corrected chi connectivity index (χ0v) is 14.9. The minimum absolute atomic E-state index is 0.180. The molecule has 0 aliphatic carbocycles. The van der Waals surface area contributed by atoms with Crippen LogP contribution in [0, 0.1) is 12.7 Å². The summed E-state index contributed by atoms with van der Waals surface area (Å²) in [6.07, 6.45) is 3.28. The number of nitrogens with zero attached hydrogens (tertiary/aromatic N) is 2. The van der Waals surface area contributed by atoms with Gasteiger partial charge in [-0.25, -0.2) is 17.5 Å². The van der Waals surface area contributed by atoms with Gasteiger partial charge >= 0.3 is 0 Å². The first-order valence-electron chi connectivity index (χ1n) is 7.69. The van der Waals surface area contributed by atoms with Gasteiger partial charge in [-0.1, -0.05) is 0 Å². The number of aryl methyl sites for hydroxylation is 1. The predicted octanol–water partition coefficient (Wildman–Crippen LogP) is 1.65. The van der Waals surface area contributed by atoms with Gasteiger partial charge in [-0.3, -0.25) is 10.2 Å². The molecular formula is C17H15FN4O4S. The minimum atomic E-state index is -4.41. The number of carbonyl (C=O) groups excluding carboxylic acids is 1. The van der Waals surface area contributed by atoms with Gasteiger partial charge < -0.3 is 5.11 Å². The predicted molar refractivity (Wildman–Crippen MR) is 94.2 cm³/mol. The van der Waals surface area contributed by atoms with Gasteiger partial charge in [0.05, 0.1) is 5.69 Å². The number of sulfonamides is 1. The Kier molecular flexibility index (Phi) is 4.93. The molecule has 0 saturated carbocycles. The van der Waals surface area contributed by atoms with Crippen LogP contribution in [0.15, 0.2) is 59.8 Å². The first kappa shape index (κ1) is 18.5. The topological polar surface area (TPSA) is 113 Å². The maximum Gasteiger partial charge on any atom is 0.266 e. The molecule has 140 valence electrons. The van der Waals surface area contributed by atoms with Gasteiger partial charge in [0.25, 0.3) is 15.9 Å². The molecule has 0 atom stereocenters. The van der Waals surface area contributed by atoms with Crippen molar-refractivity contribution in [3.63, 3.8) is 0 Å². The van der Waals surface area contributed by atoms with E-state index >= 15 is 0 Å². The molecule has 0 radical (unpaired) electrons. The monoisotopic (exact) mass is 390 g/mol. The van der Waals surface area contributed by atoms with Crippen molar-refractivity contribution in [2.75, 3.05) is 0 Å². The number of benzene rings is 2. The summed E-state index contributed by atoms with van der Waals surface area (Å²) < 4.78 is 39.6. The van der Waals surface area contributed by atoms with Crippen molar-refractivity contribution in [2.45, 2.75) is 11.8 Å². The Morgan fingerprint density at radius 1 is 1.22 bits per heavy atom. The van der Waals surface area contributed by atoms with Crippen molar-refractivity contribution in [1.29, 1.82) is 0 Å². The molecule has 0 fully saturated rings. The van der Waals surface area contributed by atoms with Gasteiger partial charge in [-0.15, -0.1) is 4.83 Å². The number of hydrazine groups is 1. The largest absolute Gasteiger partial charge is 0.508 e. The van der Waals surface area contributed by atoms with E-state index in [1.54, 1.807) is 42.2 Å². The number of hydrogen-bond acceptors (Lipinski definition) is 5. The number of rotatable bonds is 5. The van der Waals surface area contributed by atoms with Crippen LogP contribution in [-0.2, 0) is 10.0 Å². The van der Waals surface area contributed by atoms with Crippen molar-refractivity contribution in [2.24, 2.45) is 0 Å². The fraction of sp³-hybridized carbons (Fsp3) is 0.0588. The summed E-state index contributed by atoms with van der Waals surface area (Å²) in [5.41, 5.74) is 3.59. The summed E-state index contributed by atoms with van der Waals surface area (Å²) in [6.45, 7) is 1.77. The van der Waals surface area contributed by atoms with E-state index in [1.807, 2.05) is 10.3 Å². The lowest BCUT2D eigenvalue weighted by molar-refractivity contribution is 0.0945. The maximum absolute atomic E-state index is 13.7. The normalized spacial score (nSPS) is 11.3. The number of nitrogens with one attached hydrogen (secondary N) is 2. The molecule has 2 aromatic carbocycles. The Labute approximate surface area is 154 Å². The molecule has 0 aliphatic heterocycles. The zero-order chi connectivity index (χ0) is 19.6. The minimum Gasteiger partial charge on any atom is -0.508 e. The molecule has 0 aliphatic rings. The van der Waals surface area contributed by atoms with Crippen LogP contribution >= 0.6 is 0 Å². The zero-order valence-electron chi connectivity index (χ0n) is 14.0. The summed E-state index contributed by atoms with van der Waals surface area (Å²) in [6, 6.07) is 9.17. The summed E-state index contributed by atoms with van der Waals surface area (Å²) in [5.74, 6) is -2.23. The standard InChI is InChI=1S/C17H15FN4O4S/c1-11-7-12(9-13(8-11)22-6-2-5-19-22)17(24)20-21-27(25,26)16-10-14(23)3-4-15(16)18/h2-10,21,23H,1H3,(H,20,24). The molecular weight excluding hydrogens is 375 g/mol. The quantitative estimate of drug-likeness (QED) is 0.574. The number of hydrogen-bond donors (Lipinski definition) is 3. The lowest BCUT2D eigenvalue weighted by Gasteiger charge is -2.11. The molecule has 0 bridgehead atoms. The first-order valence-corrected chi connectivity index (χ1v) is 9.17. The van der Waals surface area contributed by atoms with E-state index in [4.69, 9.17) is 0 Å². The second kappa shape index (κ2) is 7.17. The highest BCUT2D eigenvalue weighted by Gasteiger charge is 2.21. The van der Waals surface area contributed by atoms with E-state index in [9.17, 15) is 22.7 Å². The molecule has 27 heavy (non-hydrogen) atoms. The molecule has 3 N–H and O–H groups in total. The Bertz CT molecular complexity index is 1100. The number of amides is 1. The third-order valence-electron chi connectivity index (χ3n) is 3.60. The number of aromatic nitrogens is 2. The average molecular weight is 390 g/mol. The highest BCUT2D eigenvalue weighted by atomic mass is 32.2. The molecule has 3 rings (SSSR count). The van der Waals surface area contributed by atoms with Gasteiger partial charge in [0.2, 0.25) is 0 Å². The van der Waals surface area contributed by atoms with Crippen LogP contribution in [0.1, 0.15) is 15.9 Å². The van der Waals surface area contributed by atoms with Gasteiger partial charge in [-0.2, -0.15) is 5.10 Å². The maximum atomic E-state index is 13.7. The fourth-order valence-corrected chi connectivity index (χ4v) is 3.32. The van der Waals surface area contributed by atoms with E-state index in [0.717, 1.165) is 23.8 Å². The van der Waals surface area contributed by atoms with E-state index in [1.165, 1.54) is 6.07 Å². The van der Waals surface area contributed by atoms with Crippen LogP contribution in [0.4, 0.5) is 4.39 Å². The summed E-state index contributed by atoms with van der Waals surface area (Å²) in [7, 11) is -4.41. The number of carbonyl (C=O) groups is 1. The third-order valence-corrected chi connectivity index (χ3v) is 4.86. The number of halogens is 1. The van der Waals surface area contributed by atoms with Crippen molar-refractivity contribution in [3.05, 3.63) is 71.8 Å². The molecule has 3 aromatic rings. The molecule has 0 unspecified atom stereocenters. The highest BCUT2D eigenvalue weighted by Crippen LogP contribution is 2.19. The lowest BCUT2D eigenvalue weighted by atomic mass is 10.1. The second-order valence-corrected chi connectivity index (χ2v) is 7.33. The van der Waals surface area contributed by atoms with Gasteiger partial charge in [0.1, 0.15) is 16.5 Å². The van der Waals surface area contributed by atoms with Crippen molar-refractivity contribution in [1.82, 2.24) is 20.0 Å². The van der Waals surface area contributed by atoms with Crippen LogP contribution in [0.5, 0.6) is 5.75 Å². The van der Waals surface area contributed by atoms with Crippen molar-refractivity contribution >= 4 is 15.9 Å². The van der Waals surface area contributed by atoms with E-state index in [0.29, 0.717) is 5.69 Å². The molecule has 0 spiro atoms. The number of phenols is 1. The van der Waals surface area contributed by atoms with Crippen LogP contribution in [0.2, 0.25) is 0 Å². The second-order valence-electron chi connectivity index (χ2n) is 5.68. The van der Waals surface area contributed by atoms with Crippen LogP contribution < -0.4 is 10.3 Å². The number of aromatic hydroxyl groups is 1. The van der Waals surface area contributed by atoms with Crippen LogP contribution in [-0.4, -0.2) is 29.2 Å². The molecule has 10 heteroatoms. The Morgan fingerprint density at radius 3 is 2.70 bits per heavy atom. The summed E-state index contributed by atoms with van der Waals surface area (Å²) in [4.78, 5) is 13.4. The first-order chi connectivity index (χ1) is 12.8. The van der Waals surface area contributed by atoms with Crippen LogP contribution in [0.3, 0.4) is 0 Å². The molecule has 8 nitrogen and oxygen atoms in total. The molecule has 0 saturated heterocycles. The van der Waals surface area contributed by atoms with Gasteiger partial charge in [-0.05, 0) is 48.9 Å². The highest BCUT2D eigenvalue weighted by molar-refractivity contribution is 7.89. The molecule has 1 amide bonds. The Morgan fingerprint density at radius 2 is 2.00 bits per heavy atom. The SMILES string of the molecule is Cc1cc(C(=O)NNS(=O)(=O)c2cc(O)ccc2F)cc(-n2cccn2)c1. The average Bonchev–Trinajstić information content (AvgIpc) is 3.16. The van der Waals surface area contributed by atoms with Crippen molar-refractivity contribution in [3.8, 4) is 11.4 Å². The third kappa shape index (κ3) is 4.13. The Hall–Kier alpha value is -3.24. The van der Waals surface area contributed by atoms with Gasteiger partial charge in [0, 0.05) is 24.0 Å².